The third kappa shape index (κ3) is 8.00. The zero-order valence-electron chi connectivity index (χ0n) is 23.7. The topological polar surface area (TPSA) is 108 Å². The number of aromatic hydroxyl groups is 1. The normalized spacial score (nSPS) is 13.4. The van der Waals surface area contributed by atoms with Gasteiger partial charge in [-0.3, -0.25) is 4.79 Å². The van der Waals surface area contributed by atoms with Crippen molar-refractivity contribution in [2.24, 2.45) is 5.10 Å². The maximum atomic E-state index is 13.1. The number of hydrogen-bond donors (Lipinski definition) is 3. The second-order valence-electron chi connectivity index (χ2n) is 11.9. The Balaban J connectivity index is 1.82. The van der Waals surface area contributed by atoms with Crippen LogP contribution in [0, 0.1) is 6.92 Å². The summed E-state index contributed by atoms with van der Waals surface area (Å²) in [6.07, 6.45) is 1.39. The minimum atomic E-state index is -3.87. The molecule has 0 heterocycles. The maximum Gasteiger partial charge on any atom is 0.242 e. The average Bonchev–Trinajstić information content (AvgIpc) is 2.83. The van der Waals surface area contributed by atoms with Gasteiger partial charge in [-0.25, -0.2) is 18.6 Å². The second-order valence-corrected chi connectivity index (χ2v) is 13.6. The maximum absolute atomic E-state index is 13.1. The molecule has 7 nitrogen and oxygen atoms in total. The molecule has 0 spiro atoms. The van der Waals surface area contributed by atoms with Crippen LogP contribution in [0.2, 0.25) is 0 Å². The van der Waals surface area contributed by atoms with E-state index in [0.29, 0.717) is 5.56 Å². The molecule has 0 radical (unpaired) electrons. The molecule has 208 valence electrons. The van der Waals surface area contributed by atoms with Crippen molar-refractivity contribution in [3.05, 3.63) is 94.5 Å². The lowest BCUT2D eigenvalue weighted by Crippen LogP contribution is -2.32. The molecule has 3 rings (SSSR count). The minimum Gasteiger partial charge on any atom is -0.507 e. The molecule has 1 atom stereocenters. The molecular formula is C31H39N3O4S. The highest BCUT2D eigenvalue weighted by Crippen LogP contribution is 2.39. The Bertz CT molecular complexity index is 1400. The molecule has 0 saturated carbocycles. The highest BCUT2D eigenvalue weighted by atomic mass is 32.2. The van der Waals surface area contributed by atoms with Crippen LogP contribution in [0.3, 0.4) is 0 Å². The summed E-state index contributed by atoms with van der Waals surface area (Å²) in [5.74, 6) is -0.180. The first kappa shape index (κ1) is 30.1. The average molecular weight is 550 g/mol. The van der Waals surface area contributed by atoms with Crippen LogP contribution in [0.5, 0.6) is 5.75 Å². The largest absolute Gasteiger partial charge is 0.507 e. The summed E-state index contributed by atoms with van der Waals surface area (Å²) in [7, 11) is -3.87. The summed E-state index contributed by atoms with van der Waals surface area (Å²) in [4.78, 5) is 13.0. The Labute approximate surface area is 232 Å². The Morgan fingerprint density at radius 1 is 0.923 bits per heavy atom. The van der Waals surface area contributed by atoms with Gasteiger partial charge in [-0.1, -0.05) is 89.6 Å². The van der Waals surface area contributed by atoms with Gasteiger partial charge in [0.1, 0.15) is 5.75 Å². The van der Waals surface area contributed by atoms with Gasteiger partial charge in [0, 0.05) is 17.5 Å². The van der Waals surface area contributed by atoms with Gasteiger partial charge in [-0.05, 0) is 53.1 Å². The number of phenols is 1. The van der Waals surface area contributed by atoms with E-state index >= 15 is 0 Å². The zero-order chi connectivity index (χ0) is 29.0. The number of aryl methyl sites for hydroxylation is 1. The highest BCUT2D eigenvalue weighted by Gasteiger charge is 2.27. The Kier molecular flexibility index (Phi) is 9.03. The van der Waals surface area contributed by atoms with E-state index < -0.39 is 22.0 Å². The number of carbonyl (C=O) groups excluding carboxylic acids is 1. The fourth-order valence-corrected chi connectivity index (χ4v) is 5.39. The monoisotopic (exact) mass is 549 g/mol. The van der Waals surface area contributed by atoms with Gasteiger partial charge in [-0.15, -0.1) is 0 Å². The minimum absolute atomic E-state index is 0.129. The van der Waals surface area contributed by atoms with Crippen LogP contribution in [-0.4, -0.2) is 25.6 Å². The van der Waals surface area contributed by atoms with Gasteiger partial charge in [0.05, 0.1) is 17.2 Å². The molecule has 39 heavy (non-hydrogen) atoms. The molecule has 3 aromatic rings. The lowest BCUT2D eigenvalue weighted by molar-refractivity contribution is -0.121. The molecule has 1 amide bonds. The van der Waals surface area contributed by atoms with Crippen LogP contribution >= 0.6 is 0 Å². The number of phenolic OH excluding ortho intramolecular Hbond substituents is 1. The van der Waals surface area contributed by atoms with Gasteiger partial charge in [0.25, 0.3) is 0 Å². The van der Waals surface area contributed by atoms with E-state index in [1.165, 1.54) is 6.21 Å². The van der Waals surface area contributed by atoms with Gasteiger partial charge in [0.2, 0.25) is 15.9 Å². The zero-order valence-corrected chi connectivity index (χ0v) is 24.6. The number of hydrazone groups is 1. The van der Waals surface area contributed by atoms with Gasteiger partial charge >= 0.3 is 0 Å². The number of hydrogen-bond acceptors (Lipinski definition) is 5. The van der Waals surface area contributed by atoms with Crippen molar-refractivity contribution in [1.82, 2.24) is 10.1 Å². The summed E-state index contributed by atoms with van der Waals surface area (Å²) in [6.45, 7) is 14.0. The smallest absolute Gasteiger partial charge is 0.242 e. The summed E-state index contributed by atoms with van der Waals surface area (Å²) >= 11 is 0. The predicted molar refractivity (Wildman–Crippen MR) is 157 cm³/mol. The van der Waals surface area contributed by atoms with Crippen molar-refractivity contribution in [3.8, 4) is 5.75 Å². The van der Waals surface area contributed by atoms with E-state index in [9.17, 15) is 18.3 Å². The van der Waals surface area contributed by atoms with E-state index in [1.807, 2.05) is 66.7 Å². The number of amides is 1. The molecular weight excluding hydrogens is 510 g/mol. The third-order valence-corrected chi connectivity index (χ3v) is 7.86. The molecule has 8 heteroatoms. The van der Waals surface area contributed by atoms with E-state index in [1.54, 1.807) is 48.5 Å². The standard InChI is InChI=1S/C31H39N3O4S/c1-21-13-15-24(16-14-21)39(37,38)34-27(23-11-9-8-10-12-23)19-28(35)33-32-20-22-17-25(30(2,3)4)29(36)26(18-22)31(5,6)7/h8-18,20,27,34,36H,19H2,1-7H3,(H,33,35)/b32-20-/t27-/m0/s1. The van der Waals surface area contributed by atoms with Gasteiger partial charge in [-0.2, -0.15) is 5.10 Å². The number of rotatable bonds is 8. The molecule has 0 aliphatic carbocycles. The van der Waals surface area contributed by atoms with Crippen LogP contribution in [0.25, 0.3) is 0 Å². The number of nitrogens with zero attached hydrogens (tertiary/aromatic N) is 1. The van der Waals surface area contributed by atoms with Crippen LogP contribution in [-0.2, 0) is 25.6 Å². The molecule has 0 aliphatic heterocycles. The van der Waals surface area contributed by atoms with Crippen molar-refractivity contribution < 1.29 is 18.3 Å². The molecule has 0 fully saturated rings. The SMILES string of the molecule is Cc1ccc(S(=O)(=O)N[C@@H](CC(=O)N/N=C\c2cc(C(C)(C)C)c(O)c(C(C)(C)C)c2)c2ccccc2)cc1. The number of nitrogens with one attached hydrogen (secondary N) is 2. The van der Waals surface area contributed by atoms with E-state index in [0.717, 1.165) is 22.3 Å². The first-order valence-corrected chi connectivity index (χ1v) is 14.4. The second kappa shape index (κ2) is 11.7. The fourth-order valence-electron chi connectivity index (χ4n) is 4.17. The van der Waals surface area contributed by atoms with E-state index in [2.05, 4.69) is 15.2 Å². The van der Waals surface area contributed by atoms with Crippen molar-refractivity contribution in [3.63, 3.8) is 0 Å². The summed E-state index contributed by atoms with van der Waals surface area (Å²) in [6, 6.07) is 18.4. The summed E-state index contributed by atoms with van der Waals surface area (Å²) in [5, 5.41) is 15.1. The number of sulfonamides is 1. The van der Waals surface area contributed by atoms with Gasteiger partial charge < -0.3 is 5.11 Å². The summed E-state index contributed by atoms with van der Waals surface area (Å²) < 4.78 is 28.8. The first-order valence-electron chi connectivity index (χ1n) is 12.9. The van der Waals surface area contributed by atoms with Crippen molar-refractivity contribution in [2.75, 3.05) is 0 Å². The molecule has 0 unspecified atom stereocenters. The van der Waals surface area contributed by atoms with Crippen molar-refractivity contribution >= 4 is 22.1 Å². The quantitative estimate of drug-likeness (QED) is 0.242. The molecule has 0 aliphatic rings. The summed E-state index contributed by atoms with van der Waals surface area (Å²) in [5.41, 5.74) is 5.86. The Morgan fingerprint density at radius 2 is 1.46 bits per heavy atom. The van der Waals surface area contributed by atoms with Crippen LogP contribution in [0.4, 0.5) is 0 Å². The van der Waals surface area contributed by atoms with Crippen molar-refractivity contribution in [2.45, 2.75) is 76.7 Å². The third-order valence-electron chi connectivity index (χ3n) is 6.37. The van der Waals surface area contributed by atoms with Gasteiger partial charge in [0.15, 0.2) is 0 Å². The van der Waals surface area contributed by atoms with Crippen LogP contribution < -0.4 is 10.1 Å². The predicted octanol–water partition coefficient (Wildman–Crippen LogP) is 5.86. The van der Waals surface area contributed by atoms with Crippen molar-refractivity contribution in [1.29, 1.82) is 0 Å². The van der Waals surface area contributed by atoms with E-state index in [4.69, 9.17) is 0 Å². The lowest BCUT2D eigenvalue weighted by atomic mass is 9.78. The first-order chi connectivity index (χ1) is 18.1. The lowest BCUT2D eigenvalue weighted by Gasteiger charge is -2.27. The molecule has 0 saturated heterocycles. The number of carbonyl (C=O) groups is 1. The fraction of sp³-hybridized carbons (Fsp3) is 0.355. The molecule has 3 aromatic carbocycles. The Hall–Kier alpha value is -3.49. The van der Waals surface area contributed by atoms with E-state index in [-0.39, 0.29) is 27.9 Å². The van der Waals surface area contributed by atoms with Crippen LogP contribution in [0.15, 0.2) is 76.7 Å². The highest BCUT2D eigenvalue weighted by molar-refractivity contribution is 7.89. The Morgan fingerprint density at radius 3 is 1.97 bits per heavy atom. The molecule has 0 aromatic heterocycles. The number of benzene rings is 3. The molecule has 0 bridgehead atoms. The van der Waals surface area contributed by atoms with Crippen LogP contribution in [0.1, 0.15) is 81.8 Å². The molecule has 3 N–H and O–H groups in total.